The molecular weight excluding hydrogens is 323 g/mol. The Balaban J connectivity index is 0.00000144. The molecule has 1 aliphatic rings. The maximum atomic E-state index is 6.01. The van der Waals surface area contributed by atoms with Gasteiger partial charge in [-0.3, -0.25) is 4.90 Å². The molecule has 0 amide bonds. The minimum atomic E-state index is 0. The van der Waals surface area contributed by atoms with E-state index in [1.165, 1.54) is 12.0 Å². The van der Waals surface area contributed by atoms with Gasteiger partial charge in [-0.2, -0.15) is 0 Å². The van der Waals surface area contributed by atoms with Crippen LogP contribution in [0, 0.1) is 0 Å². The van der Waals surface area contributed by atoms with Gasteiger partial charge < -0.3 is 5.32 Å². The standard InChI is InChI=1S/C12H16BrClN2.ClH/c1-16(11-4-5-15-7-11)8-9-6-10(14)2-3-12(9)13;/h2-3,6,11,15H,4-5,7-8H2,1H3;1H. The molecule has 1 N–H and O–H groups in total. The van der Waals surface area contributed by atoms with E-state index in [9.17, 15) is 0 Å². The first-order chi connectivity index (χ1) is 7.66. The monoisotopic (exact) mass is 338 g/mol. The van der Waals surface area contributed by atoms with Gasteiger partial charge in [0.2, 0.25) is 0 Å². The lowest BCUT2D eigenvalue weighted by atomic mass is 10.1. The van der Waals surface area contributed by atoms with Gasteiger partial charge in [0.05, 0.1) is 0 Å². The summed E-state index contributed by atoms with van der Waals surface area (Å²) in [5.41, 5.74) is 1.25. The molecule has 0 saturated carbocycles. The van der Waals surface area contributed by atoms with Crippen molar-refractivity contribution >= 4 is 39.9 Å². The van der Waals surface area contributed by atoms with Crippen molar-refractivity contribution in [3.05, 3.63) is 33.3 Å². The Morgan fingerprint density at radius 3 is 2.94 bits per heavy atom. The SMILES string of the molecule is CN(Cc1cc(Cl)ccc1Br)C1CCNC1.Cl. The van der Waals surface area contributed by atoms with E-state index >= 15 is 0 Å². The summed E-state index contributed by atoms with van der Waals surface area (Å²) in [6.07, 6.45) is 1.23. The molecule has 0 bridgehead atoms. The van der Waals surface area contributed by atoms with E-state index in [1.807, 2.05) is 18.2 Å². The molecule has 1 heterocycles. The van der Waals surface area contributed by atoms with Crippen molar-refractivity contribution in [1.29, 1.82) is 0 Å². The number of nitrogens with one attached hydrogen (secondary N) is 1. The van der Waals surface area contributed by atoms with Crippen LogP contribution in [0.25, 0.3) is 0 Å². The molecule has 2 nitrogen and oxygen atoms in total. The van der Waals surface area contributed by atoms with E-state index in [1.54, 1.807) is 0 Å². The van der Waals surface area contributed by atoms with Crippen LogP contribution in [0.3, 0.4) is 0 Å². The van der Waals surface area contributed by atoms with Crippen molar-refractivity contribution in [3.8, 4) is 0 Å². The van der Waals surface area contributed by atoms with E-state index in [-0.39, 0.29) is 12.4 Å². The highest BCUT2D eigenvalue weighted by atomic mass is 79.9. The largest absolute Gasteiger partial charge is 0.315 e. The molecule has 0 spiro atoms. The molecule has 1 saturated heterocycles. The molecule has 1 unspecified atom stereocenters. The van der Waals surface area contributed by atoms with Crippen molar-refractivity contribution in [2.45, 2.75) is 19.0 Å². The van der Waals surface area contributed by atoms with Gasteiger partial charge in [-0.1, -0.05) is 27.5 Å². The van der Waals surface area contributed by atoms with Gasteiger partial charge in [-0.15, -0.1) is 12.4 Å². The molecule has 1 aromatic carbocycles. The number of benzene rings is 1. The van der Waals surface area contributed by atoms with Crippen LogP contribution in [-0.2, 0) is 6.54 Å². The Morgan fingerprint density at radius 2 is 2.29 bits per heavy atom. The number of halogens is 3. The predicted octanol–water partition coefficient (Wildman–Crippen LogP) is 3.32. The lowest BCUT2D eigenvalue weighted by Crippen LogP contribution is -2.32. The molecule has 1 aliphatic heterocycles. The highest BCUT2D eigenvalue weighted by Gasteiger charge is 2.19. The lowest BCUT2D eigenvalue weighted by molar-refractivity contribution is 0.248. The Bertz CT molecular complexity index is 368. The average Bonchev–Trinajstić information content (AvgIpc) is 2.76. The zero-order valence-electron chi connectivity index (χ0n) is 9.75. The average molecular weight is 340 g/mol. The van der Waals surface area contributed by atoms with Crippen LogP contribution in [0.5, 0.6) is 0 Å². The second-order valence-electron chi connectivity index (χ2n) is 4.30. The number of hydrogen-bond acceptors (Lipinski definition) is 2. The number of nitrogens with zero attached hydrogens (tertiary/aromatic N) is 1. The van der Waals surface area contributed by atoms with Crippen LogP contribution in [0.4, 0.5) is 0 Å². The Hall–Kier alpha value is 0.200. The molecule has 5 heteroatoms. The Labute approximate surface area is 122 Å². The van der Waals surface area contributed by atoms with Gasteiger partial charge in [-0.05, 0) is 43.8 Å². The number of hydrogen-bond donors (Lipinski definition) is 1. The van der Waals surface area contributed by atoms with Gasteiger partial charge in [-0.25, -0.2) is 0 Å². The third-order valence-electron chi connectivity index (χ3n) is 3.09. The summed E-state index contributed by atoms with van der Waals surface area (Å²) >= 11 is 9.57. The van der Waals surface area contributed by atoms with Gasteiger partial charge in [0, 0.05) is 28.6 Å². The first-order valence-corrected chi connectivity index (χ1v) is 6.69. The molecule has 96 valence electrons. The van der Waals surface area contributed by atoms with Gasteiger partial charge in [0.15, 0.2) is 0 Å². The summed E-state index contributed by atoms with van der Waals surface area (Å²) < 4.78 is 1.13. The van der Waals surface area contributed by atoms with Gasteiger partial charge in [0.1, 0.15) is 0 Å². The Morgan fingerprint density at radius 1 is 1.53 bits per heavy atom. The summed E-state index contributed by atoms with van der Waals surface area (Å²) in [6.45, 7) is 3.16. The van der Waals surface area contributed by atoms with Crippen LogP contribution in [0.15, 0.2) is 22.7 Å². The molecule has 17 heavy (non-hydrogen) atoms. The maximum Gasteiger partial charge on any atom is 0.0410 e. The summed E-state index contributed by atoms with van der Waals surface area (Å²) in [5.74, 6) is 0. The minimum Gasteiger partial charge on any atom is -0.315 e. The fourth-order valence-corrected chi connectivity index (χ4v) is 2.64. The van der Waals surface area contributed by atoms with E-state index in [0.29, 0.717) is 6.04 Å². The second kappa shape index (κ2) is 6.95. The highest BCUT2D eigenvalue weighted by Crippen LogP contribution is 2.23. The first-order valence-electron chi connectivity index (χ1n) is 5.51. The van der Waals surface area contributed by atoms with E-state index < -0.39 is 0 Å². The van der Waals surface area contributed by atoms with Crippen LogP contribution >= 0.6 is 39.9 Å². The lowest BCUT2D eigenvalue weighted by Gasteiger charge is -2.24. The van der Waals surface area contributed by atoms with E-state index in [0.717, 1.165) is 29.1 Å². The maximum absolute atomic E-state index is 6.01. The summed E-state index contributed by atoms with van der Waals surface area (Å²) in [4.78, 5) is 2.39. The van der Waals surface area contributed by atoms with Crippen LogP contribution in [-0.4, -0.2) is 31.1 Å². The van der Waals surface area contributed by atoms with Crippen molar-refractivity contribution in [2.24, 2.45) is 0 Å². The first kappa shape index (κ1) is 15.3. The molecule has 0 aromatic heterocycles. The van der Waals surface area contributed by atoms with E-state index in [2.05, 4.69) is 33.2 Å². The van der Waals surface area contributed by atoms with Gasteiger partial charge >= 0.3 is 0 Å². The van der Waals surface area contributed by atoms with Crippen molar-refractivity contribution in [3.63, 3.8) is 0 Å². The topological polar surface area (TPSA) is 15.3 Å². The highest BCUT2D eigenvalue weighted by molar-refractivity contribution is 9.10. The normalized spacial score (nSPS) is 19.4. The number of likely N-dealkylation sites (N-methyl/N-ethyl adjacent to an activating group) is 1. The zero-order valence-corrected chi connectivity index (χ0v) is 12.9. The van der Waals surface area contributed by atoms with Crippen molar-refractivity contribution < 1.29 is 0 Å². The Kier molecular flexibility index (Phi) is 6.24. The molecule has 0 radical (unpaired) electrons. The predicted molar refractivity (Wildman–Crippen MR) is 79.1 cm³/mol. The molecule has 2 rings (SSSR count). The van der Waals surface area contributed by atoms with Crippen LogP contribution in [0.2, 0.25) is 5.02 Å². The molecule has 1 aromatic rings. The quantitative estimate of drug-likeness (QED) is 0.908. The third kappa shape index (κ3) is 4.11. The van der Waals surface area contributed by atoms with Gasteiger partial charge in [0.25, 0.3) is 0 Å². The number of rotatable bonds is 3. The molecule has 1 fully saturated rings. The molecular formula is C12H17BrCl2N2. The minimum absolute atomic E-state index is 0. The fourth-order valence-electron chi connectivity index (χ4n) is 2.08. The second-order valence-corrected chi connectivity index (χ2v) is 5.59. The van der Waals surface area contributed by atoms with E-state index in [4.69, 9.17) is 11.6 Å². The van der Waals surface area contributed by atoms with Crippen molar-refractivity contribution in [1.82, 2.24) is 10.2 Å². The zero-order chi connectivity index (χ0) is 11.5. The summed E-state index contributed by atoms with van der Waals surface area (Å²) in [5, 5.41) is 4.19. The van der Waals surface area contributed by atoms with Crippen molar-refractivity contribution in [2.75, 3.05) is 20.1 Å². The smallest absolute Gasteiger partial charge is 0.0410 e. The molecule has 1 atom stereocenters. The summed E-state index contributed by atoms with van der Waals surface area (Å²) in [7, 11) is 2.17. The van der Waals surface area contributed by atoms with Crippen LogP contribution < -0.4 is 5.32 Å². The van der Waals surface area contributed by atoms with Crippen LogP contribution in [0.1, 0.15) is 12.0 Å². The third-order valence-corrected chi connectivity index (χ3v) is 4.09. The molecule has 0 aliphatic carbocycles. The summed E-state index contributed by atoms with van der Waals surface area (Å²) in [6, 6.07) is 6.60. The fraction of sp³-hybridized carbons (Fsp3) is 0.500.